The van der Waals surface area contributed by atoms with Crippen molar-refractivity contribution in [1.82, 2.24) is 0 Å². The van der Waals surface area contributed by atoms with Gasteiger partial charge in [-0.1, -0.05) is 19.3 Å². The zero-order valence-electron chi connectivity index (χ0n) is 10.5. The van der Waals surface area contributed by atoms with Crippen LogP contribution in [0.4, 0.5) is 0 Å². The molecule has 78 valence electrons. The van der Waals surface area contributed by atoms with Crippen LogP contribution in [0.25, 0.3) is 0 Å². The molecule has 0 aromatic rings. The quantitative estimate of drug-likeness (QED) is 0.280. The first-order chi connectivity index (χ1) is 6.13. The maximum Gasteiger partial charge on any atom is 1.00 e. The summed E-state index contributed by atoms with van der Waals surface area (Å²) >= 11 is 0. The number of rotatable bonds is 2. The zero-order valence-corrected chi connectivity index (χ0v) is 11.5. The molecular weight excluding hydrogens is 202 g/mol. The average Bonchev–Trinajstić information content (AvgIpc) is 2.06. The summed E-state index contributed by atoms with van der Waals surface area (Å²) < 4.78 is 0. The first-order valence-electron chi connectivity index (χ1n) is 4.38. The number of aliphatic carboxylic acids is 2. The standard InChI is InChI=1S/C6H11.C3H4O4.Li.Na.H/c1-2-4-6-5-3-1;4-2(5)1-3(6)7;;;/h1H,2-6H2;1H2,(H,4,5)(H,6,7);;;/q-1;;2*+1;-1. The Balaban J connectivity index is -0.0000000760. The molecule has 1 fully saturated rings. The van der Waals surface area contributed by atoms with Crippen molar-refractivity contribution >= 4 is 11.9 Å². The van der Waals surface area contributed by atoms with E-state index < -0.39 is 18.4 Å². The topological polar surface area (TPSA) is 74.6 Å². The summed E-state index contributed by atoms with van der Waals surface area (Å²) in [5.74, 6) is -2.62. The fourth-order valence-corrected chi connectivity index (χ4v) is 1.03. The largest absolute Gasteiger partial charge is 1.00 e. The molecule has 1 rings (SSSR count). The molecular formula is C9H16LiNaO4. The first-order valence-corrected chi connectivity index (χ1v) is 4.38. The van der Waals surface area contributed by atoms with E-state index in [1.807, 2.05) is 0 Å². The minimum atomic E-state index is -1.31. The van der Waals surface area contributed by atoms with E-state index in [1.54, 1.807) is 0 Å². The van der Waals surface area contributed by atoms with Crippen molar-refractivity contribution in [3.05, 3.63) is 6.42 Å². The molecule has 0 radical (unpaired) electrons. The van der Waals surface area contributed by atoms with Gasteiger partial charge in [0.2, 0.25) is 0 Å². The molecule has 1 aliphatic carbocycles. The second-order valence-electron chi connectivity index (χ2n) is 2.89. The Morgan fingerprint density at radius 2 is 1.47 bits per heavy atom. The third-order valence-corrected chi connectivity index (χ3v) is 1.62. The Morgan fingerprint density at radius 1 is 1.07 bits per heavy atom. The van der Waals surface area contributed by atoms with Gasteiger partial charge in [-0.05, 0) is 0 Å². The van der Waals surface area contributed by atoms with E-state index in [1.165, 1.54) is 32.1 Å². The van der Waals surface area contributed by atoms with Gasteiger partial charge in [-0.15, -0.1) is 0 Å². The summed E-state index contributed by atoms with van der Waals surface area (Å²) in [5.41, 5.74) is 0. The van der Waals surface area contributed by atoms with E-state index in [2.05, 4.69) is 6.42 Å². The van der Waals surface area contributed by atoms with E-state index >= 15 is 0 Å². The Bertz CT molecular complexity index is 153. The number of hydrogen-bond acceptors (Lipinski definition) is 2. The van der Waals surface area contributed by atoms with Crippen LogP contribution < -0.4 is 48.4 Å². The predicted octanol–water partition coefficient (Wildman–Crippen LogP) is -4.18. The van der Waals surface area contributed by atoms with Crippen molar-refractivity contribution in [3.63, 3.8) is 0 Å². The molecule has 1 aliphatic rings. The number of carbonyl (C=O) groups is 2. The van der Waals surface area contributed by atoms with Gasteiger partial charge >= 0.3 is 60.4 Å². The number of carboxylic acids is 2. The minimum absolute atomic E-state index is 0. The van der Waals surface area contributed by atoms with Gasteiger partial charge in [-0.25, -0.2) is 0 Å². The van der Waals surface area contributed by atoms with Crippen LogP contribution in [0.15, 0.2) is 0 Å². The van der Waals surface area contributed by atoms with Crippen LogP contribution in [-0.2, 0) is 9.59 Å². The molecule has 2 N–H and O–H groups in total. The van der Waals surface area contributed by atoms with Crippen molar-refractivity contribution in [1.29, 1.82) is 0 Å². The second-order valence-corrected chi connectivity index (χ2v) is 2.89. The maximum atomic E-state index is 9.43. The second kappa shape index (κ2) is 14.5. The molecule has 0 saturated heterocycles. The van der Waals surface area contributed by atoms with Gasteiger partial charge in [0.05, 0.1) is 0 Å². The van der Waals surface area contributed by atoms with Crippen LogP contribution in [-0.4, -0.2) is 22.2 Å². The van der Waals surface area contributed by atoms with E-state index in [9.17, 15) is 9.59 Å². The van der Waals surface area contributed by atoms with Crippen LogP contribution in [0.2, 0.25) is 0 Å². The van der Waals surface area contributed by atoms with Crippen LogP contribution in [0.1, 0.15) is 40.0 Å². The fraction of sp³-hybridized carbons (Fsp3) is 0.667. The Morgan fingerprint density at radius 3 is 1.53 bits per heavy atom. The summed E-state index contributed by atoms with van der Waals surface area (Å²) in [7, 11) is 0. The maximum absolute atomic E-state index is 9.43. The molecule has 1 saturated carbocycles. The van der Waals surface area contributed by atoms with Gasteiger partial charge < -0.3 is 18.1 Å². The number of hydrogen-bond donors (Lipinski definition) is 2. The van der Waals surface area contributed by atoms with E-state index in [0.29, 0.717) is 0 Å². The summed E-state index contributed by atoms with van der Waals surface area (Å²) in [6, 6.07) is 0. The summed E-state index contributed by atoms with van der Waals surface area (Å²) in [6.45, 7) is 0. The Kier molecular flexibility index (Phi) is 20.2. The summed E-state index contributed by atoms with van der Waals surface area (Å²) in [4.78, 5) is 18.9. The van der Waals surface area contributed by atoms with E-state index in [0.717, 1.165) is 0 Å². The van der Waals surface area contributed by atoms with Gasteiger partial charge in [0.25, 0.3) is 0 Å². The molecule has 0 amide bonds. The molecule has 0 spiro atoms. The van der Waals surface area contributed by atoms with Gasteiger partial charge in [0.1, 0.15) is 6.42 Å². The summed E-state index contributed by atoms with van der Waals surface area (Å²) in [6.07, 6.45) is 8.69. The molecule has 6 heteroatoms. The van der Waals surface area contributed by atoms with Crippen LogP contribution in [0.5, 0.6) is 0 Å². The normalized spacial score (nSPS) is 13.3. The van der Waals surface area contributed by atoms with Gasteiger partial charge in [-0.2, -0.15) is 12.8 Å². The van der Waals surface area contributed by atoms with Crippen molar-refractivity contribution in [2.75, 3.05) is 0 Å². The molecule has 0 aromatic carbocycles. The molecule has 15 heavy (non-hydrogen) atoms. The average molecular weight is 218 g/mol. The molecule has 0 atom stereocenters. The monoisotopic (exact) mass is 218 g/mol. The number of carboxylic acid groups (broad SMARTS) is 2. The van der Waals surface area contributed by atoms with Crippen molar-refractivity contribution in [3.8, 4) is 0 Å². The minimum Gasteiger partial charge on any atom is -1.00 e. The molecule has 0 aliphatic heterocycles. The molecule has 0 heterocycles. The third-order valence-electron chi connectivity index (χ3n) is 1.62. The van der Waals surface area contributed by atoms with Crippen molar-refractivity contribution < 1.29 is 69.6 Å². The van der Waals surface area contributed by atoms with Crippen LogP contribution in [0, 0.1) is 6.42 Å². The van der Waals surface area contributed by atoms with Gasteiger partial charge in [0, 0.05) is 0 Å². The Labute approximate surface area is 126 Å². The van der Waals surface area contributed by atoms with Crippen LogP contribution >= 0.6 is 0 Å². The zero-order chi connectivity index (χ0) is 10.1. The third kappa shape index (κ3) is 20.6. The molecule has 4 nitrogen and oxygen atoms in total. The van der Waals surface area contributed by atoms with Crippen molar-refractivity contribution in [2.24, 2.45) is 0 Å². The van der Waals surface area contributed by atoms with E-state index in [4.69, 9.17) is 10.2 Å². The first kappa shape index (κ1) is 20.9. The Hall–Kier alpha value is 0.537. The smallest absolute Gasteiger partial charge is 1.00 e. The fourth-order valence-electron chi connectivity index (χ4n) is 1.03. The van der Waals surface area contributed by atoms with E-state index in [-0.39, 0.29) is 49.8 Å². The van der Waals surface area contributed by atoms with Crippen molar-refractivity contribution in [2.45, 2.75) is 38.5 Å². The van der Waals surface area contributed by atoms with Gasteiger partial charge in [0.15, 0.2) is 0 Å². The predicted molar refractivity (Wildman–Crippen MR) is 48.4 cm³/mol. The van der Waals surface area contributed by atoms with Gasteiger partial charge in [-0.3, -0.25) is 9.59 Å². The SMILES string of the molecule is O=C(O)CC(=O)O.[CH-]1CCCCC1.[H-].[Li+].[Na+]. The molecule has 0 unspecified atom stereocenters. The molecule has 0 bridgehead atoms. The summed E-state index contributed by atoms with van der Waals surface area (Å²) in [5, 5.41) is 15.4. The molecule has 0 aromatic heterocycles. The van der Waals surface area contributed by atoms with Crippen LogP contribution in [0.3, 0.4) is 0 Å².